The Labute approximate surface area is 165 Å². The van der Waals surface area contributed by atoms with Crippen LogP contribution in [0.1, 0.15) is 10.4 Å². The topological polar surface area (TPSA) is 73.8 Å². The Balaban J connectivity index is 1.44. The molecule has 8 heteroatoms. The molecule has 0 radical (unpaired) electrons. The predicted molar refractivity (Wildman–Crippen MR) is 109 cm³/mol. The molecule has 0 bridgehead atoms. The Kier molecular flexibility index (Phi) is 5.68. The van der Waals surface area contributed by atoms with E-state index in [1.54, 1.807) is 24.5 Å². The summed E-state index contributed by atoms with van der Waals surface area (Å²) in [7, 11) is 2.13. The molecule has 1 amide bonds. The summed E-state index contributed by atoms with van der Waals surface area (Å²) in [6, 6.07) is 7.46. The lowest BCUT2D eigenvalue weighted by Crippen LogP contribution is -2.44. The molecule has 1 N–H and O–H groups in total. The summed E-state index contributed by atoms with van der Waals surface area (Å²) in [5.74, 6) is 1.47. The maximum Gasteiger partial charge on any atom is 0.259 e. The lowest BCUT2D eigenvalue weighted by atomic mass is 10.2. The molecule has 4 rings (SSSR count). The van der Waals surface area contributed by atoms with Crippen LogP contribution < -0.4 is 15.1 Å². The molecule has 0 spiro atoms. The maximum atomic E-state index is 12.8. The summed E-state index contributed by atoms with van der Waals surface area (Å²) >= 11 is 0. The zero-order chi connectivity index (χ0) is 19.3. The van der Waals surface area contributed by atoms with Crippen molar-refractivity contribution >= 4 is 23.2 Å². The number of amides is 1. The zero-order valence-corrected chi connectivity index (χ0v) is 16.2. The van der Waals surface area contributed by atoms with Crippen LogP contribution >= 0.6 is 0 Å². The molecule has 0 unspecified atom stereocenters. The van der Waals surface area contributed by atoms with Crippen molar-refractivity contribution in [3.63, 3.8) is 0 Å². The number of aromatic nitrogens is 2. The van der Waals surface area contributed by atoms with Crippen LogP contribution in [0.4, 0.5) is 17.3 Å². The number of morpholine rings is 1. The second kappa shape index (κ2) is 8.53. The van der Waals surface area contributed by atoms with Gasteiger partial charge in [-0.25, -0.2) is 9.97 Å². The van der Waals surface area contributed by atoms with Crippen LogP contribution in [0.15, 0.2) is 36.7 Å². The third-order valence-electron chi connectivity index (χ3n) is 5.17. The third kappa shape index (κ3) is 4.23. The van der Waals surface area contributed by atoms with E-state index >= 15 is 0 Å². The maximum absolute atomic E-state index is 12.8. The number of piperazine rings is 1. The molecule has 2 aromatic heterocycles. The van der Waals surface area contributed by atoms with E-state index in [1.807, 2.05) is 12.1 Å². The highest BCUT2D eigenvalue weighted by Gasteiger charge is 2.20. The Morgan fingerprint density at radius 3 is 2.50 bits per heavy atom. The molecule has 2 fully saturated rings. The van der Waals surface area contributed by atoms with Crippen LogP contribution in [-0.4, -0.2) is 80.3 Å². The van der Waals surface area contributed by atoms with Gasteiger partial charge in [-0.1, -0.05) is 0 Å². The molecule has 0 saturated carbocycles. The van der Waals surface area contributed by atoms with Gasteiger partial charge in [0.25, 0.3) is 5.91 Å². The Bertz CT molecular complexity index is 799. The van der Waals surface area contributed by atoms with E-state index in [0.29, 0.717) is 30.3 Å². The van der Waals surface area contributed by atoms with Gasteiger partial charge in [0, 0.05) is 45.5 Å². The summed E-state index contributed by atoms with van der Waals surface area (Å²) in [5, 5.41) is 2.95. The number of pyridine rings is 2. The van der Waals surface area contributed by atoms with Gasteiger partial charge in [0.15, 0.2) is 0 Å². The van der Waals surface area contributed by atoms with Crippen LogP contribution in [0.25, 0.3) is 0 Å². The van der Waals surface area contributed by atoms with Crippen molar-refractivity contribution in [1.29, 1.82) is 0 Å². The first-order chi connectivity index (χ1) is 13.7. The van der Waals surface area contributed by atoms with Gasteiger partial charge in [0.05, 0.1) is 30.7 Å². The van der Waals surface area contributed by atoms with E-state index in [2.05, 4.69) is 37.0 Å². The molecule has 28 heavy (non-hydrogen) atoms. The Hall–Kier alpha value is -2.71. The second-order valence-corrected chi connectivity index (χ2v) is 7.12. The van der Waals surface area contributed by atoms with Crippen molar-refractivity contribution in [2.24, 2.45) is 0 Å². The van der Waals surface area contributed by atoms with Gasteiger partial charge in [0.1, 0.15) is 11.6 Å². The molecule has 2 aliphatic heterocycles. The summed E-state index contributed by atoms with van der Waals surface area (Å²) in [6.07, 6.45) is 3.43. The van der Waals surface area contributed by atoms with Gasteiger partial charge >= 0.3 is 0 Å². The predicted octanol–water partition coefficient (Wildman–Crippen LogP) is 1.32. The van der Waals surface area contributed by atoms with E-state index in [4.69, 9.17) is 4.74 Å². The number of hydrogen-bond acceptors (Lipinski definition) is 7. The minimum atomic E-state index is -0.177. The lowest BCUT2D eigenvalue weighted by molar-refractivity contribution is 0.102. The van der Waals surface area contributed by atoms with E-state index in [-0.39, 0.29) is 5.91 Å². The first-order valence-electron chi connectivity index (χ1n) is 9.69. The van der Waals surface area contributed by atoms with Crippen molar-refractivity contribution in [2.45, 2.75) is 0 Å². The quantitative estimate of drug-likeness (QED) is 0.855. The van der Waals surface area contributed by atoms with E-state index < -0.39 is 0 Å². The first-order valence-corrected chi connectivity index (χ1v) is 9.69. The third-order valence-corrected chi connectivity index (χ3v) is 5.17. The van der Waals surface area contributed by atoms with Gasteiger partial charge in [-0.05, 0) is 31.3 Å². The van der Waals surface area contributed by atoms with Gasteiger partial charge < -0.3 is 24.8 Å². The molecule has 2 saturated heterocycles. The SMILES string of the molecule is CN1CCN(c2ccc(NC(=O)c3cccnc3N3CCOCC3)cn2)CC1. The fourth-order valence-corrected chi connectivity index (χ4v) is 3.48. The fourth-order valence-electron chi connectivity index (χ4n) is 3.48. The molecular weight excluding hydrogens is 356 g/mol. The molecule has 0 atom stereocenters. The van der Waals surface area contributed by atoms with Crippen molar-refractivity contribution in [3.05, 3.63) is 42.2 Å². The van der Waals surface area contributed by atoms with Crippen molar-refractivity contribution in [1.82, 2.24) is 14.9 Å². The molecule has 8 nitrogen and oxygen atoms in total. The van der Waals surface area contributed by atoms with Gasteiger partial charge in [-0.3, -0.25) is 4.79 Å². The van der Waals surface area contributed by atoms with Crippen molar-refractivity contribution in [3.8, 4) is 0 Å². The number of carbonyl (C=O) groups is 1. The highest BCUT2D eigenvalue weighted by Crippen LogP contribution is 2.21. The van der Waals surface area contributed by atoms with Crippen molar-refractivity contribution in [2.75, 3.05) is 74.6 Å². The average molecular weight is 382 g/mol. The van der Waals surface area contributed by atoms with Crippen LogP contribution in [-0.2, 0) is 4.74 Å². The van der Waals surface area contributed by atoms with Crippen molar-refractivity contribution < 1.29 is 9.53 Å². The zero-order valence-electron chi connectivity index (χ0n) is 16.2. The molecule has 2 aliphatic rings. The number of likely N-dealkylation sites (N-methyl/N-ethyl adjacent to an activating group) is 1. The highest BCUT2D eigenvalue weighted by atomic mass is 16.5. The first kappa shape index (κ1) is 18.6. The average Bonchev–Trinajstić information content (AvgIpc) is 2.75. The lowest BCUT2D eigenvalue weighted by Gasteiger charge is -2.33. The number of hydrogen-bond donors (Lipinski definition) is 1. The normalized spacial score (nSPS) is 18.2. The molecular formula is C20H26N6O2. The smallest absolute Gasteiger partial charge is 0.259 e. The molecule has 0 aromatic carbocycles. The Morgan fingerprint density at radius 1 is 1.00 bits per heavy atom. The Morgan fingerprint density at radius 2 is 1.79 bits per heavy atom. The molecule has 4 heterocycles. The van der Waals surface area contributed by atoms with Gasteiger partial charge in [0.2, 0.25) is 0 Å². The number of nitrogens with zero attached hydrogens (tertiary/aromatic N) is 5. The van der Waals surface area contributed by atoms with Crippen LogP contribution in [0.2, 0.25) is 0 Å². The second-order valence-electron chi connectivity index (χ2n) is 7.12. The number of rotatable bonds is 4. The molecule has 2 aromatic rings. The van der Waals surface area contributed by atoms with E-state index in [1.165, 1.54) is 0 Å². The standard InChI is InChI=1S/C20H26N6O2/c1-24-7-9-25(10-8-24)18-5-4-16(15-22-18)23-20(27)17-3-2-6-21-19(17)26-11-13-28-14-12-26/h2-6,15H,7-14H2,1H3,(H,23,27). The van der Waals surface area contributed by atoms with Gasteiger partial charge in [-0.2, -0.15) is 0 Å². The summed E-state index contributed by atoms with van der Waals surface area (Å²) in [4.78, 5) is 28.5. The molecule has 148 valence electrons. The summed E-state index contributed by atoms with van der Waals surface area (Å²) in [6.45, 7) is 6.76. The minimum Gasteiger partial charge on any atom is -0.378 e. The minimum absolute atomic E-state index is 0.177. The fraction of sp³-hybridized carbons (Fsp3) is 0.450. The summed E-state index contributed by atoms with van der Waals surface area (Å²) < 4.78 is 5.40. The monoisotopic (exact) mass is 382 g/mol. The van der Waals surface area contributed by atoms with Crippen LogP contribution in [0, 0.1) is 0 Å². The van der Waals surface area contributed by atoms with Gasteiger partial charge in [-0.15, -0.1) is 0 Å². The largest absolute Gasteiger partial charge is 0.378 e. The number of ether oxygens (including phenoxy) is 1. The number of nitrogens with one attached hydrogen (secondary N) is 1. The number of anilines is 3. The van der Waals surface area contributed by atoms with E-state index in [9.17, 15) is 4.79 Å². The van der Waals surface area contributed by atoms with Crippen LogP contribution in [0.3, 0.4) is 0 Å². The van der Waals surface area contributed by atoms with Crippen LogP contribution in [0.5, 0.6) is 0 Å². The molecule has 0 aliphatic carbocycles. The highest BCUT2D eigenvalue weighted by molar-refractivity contribution is 6.07. The number of carbonyl (C=O) groups excluding carboxylic acids is 1. The summed E-state index contributed by atoms with van der Waals surface area (Å²) in [5.41, 5.74) is 1.24. The van der Waals surface area contributed by atoms with E-state index in [0.717, 1.165) is 45.1 Å².